The molecule has 0 aliphatic carbocycles. The van der Waals surface area contributed by atoms with Crippen molar-refractivity contribution < 1.29 is 9.47 Å². The summed E-state index contributed by atoms with van der Waals surface area (Å²) < 4.78 is 12.3. The lowest BCUT2D eigenvalue weighted by molar-refractivity contribution is -0.0363. The molecule has 1 saturated heterocycles. The Bertz CT molecular complexity index is 470. The van der Waals surface area contributed by atoms with Crippen molar-refractivity contribution in [3.05, 3.63) is 24.3 Å². The standard InChI is InChI=1S/C32H61NO2/c1-3-5-7-9-10-11-12-13-14-15-16-17-18-19-20-24-28-34-31-32(35-29-25-8-6-4-2)30-33-26-22-21-23-27-33/h10-11,13-14,32H,3-9,12,15-31H2,1-2H3/b11-10-,14-13-. The van der Waals surface area contributed by atoms with Gasteiger partial charge in [0, 0.05) is 19.8 Å². The van der Waals surface area contributed by atoms with Crippen LogP contribution in [0.4, 0.5) is 0 Å². The number of allylic oxidation sites excluding steroid dienone is 4. The summed E-state index contributed by atoms with van der Waals surface area (Å²) >= 11 is 0. The van der Waals surface area contributed by atoms with Gasteiger partial charge in [-0.25, -0.2) is 0 Å². The van der Waals surface area contributed by atoms with E-state index in [2.05, 4.69) is 43.1 Å². The van der Waals surface area contributed by atoms with Crippen molar-refractivity contribution in [1.29, 1.82) is 0 Å². The van der Waals surface area contributed by atoms with Gasteiger partial charge >= 0.3 is 0 Å². The summed E-state index contributed by atoms with van der Waals surface area (Å²) in [7, 11) is 0. The van der Waals surface area contributed by atoms with E-state index in [0.717, 1.165) is 32.8 Å². The molecule has 0 N–H and O–H groups in total. The SMILES string of the molecule is CCCCC/C=C\C/C=C\CCCCCCCCOCC(CN1CCCCC1)OCCCCCC. The summed E-state index contributed by atoms with van der Waals surface area (Å²) in [4.78, 5) is 2.59. The molecular formula is C32H61NO2. The third kappa shape index (κ3) is 22.3. The number of hydrogen-bond donors (Lipinski definition) is 0. The number of hydrogen-bond acceptors (Lipinski definition) is 3. The van der Waals surface area contributed by atoms with Crippen LogP contribution in [0.15, 0.2) is 24.3 Å². The highest BCUT2D eigenvalue weighted by atomic mass is 16.5. The Kier molecular flexibility index (Phi) is 24.5. The molecule has 0 aromatic heterocycles. The molecule has 0 amide bonds. The monoisotopic (exact) mass is 491 g/mol. The van der Waals surface area contributed by atoms with Crippen molar-refractivity contribution >= 4 is 0 Å². The summed E-state index contributed by atoms with van der Waals surface area (Å²) in [6.07, 6.45) is 34.3. The quantitative estimate of drug-likeness (QED) is 0.0938. The molecule has 3 heteroatoms. The largest absolute Gasteiger partial charge is 0.379 e. The molecule has 1 aliphatic heterocycles. The summed E-state index contributed by atoms with van der Waals surface area (Å²) in [5, 5.41) is 0. The average molecular weight is 492 g/mol. The summed E-state index contributed by atoms with van der Waals surface area (Å²) in [6, 6.07) is 0. The van der Waals surface area contributed by atoms with Crippen LogP contribution in [0.1, 0.15) is 136 Å². The van der Waals surface area contributed by atoms with Gasteiger partial charge in [-0.2, -0.15) is 0 Å². The number of unbranched alkanes of at least 4 members (excludes halogenated alkanes) is 12. The van der Waals surface area contributed by atoms with Crippen molar-refractivity contribution in [2.75, 3.05) is 39.5 Å². The van der Waals surface area contributed by atoms with Gasteiger partial charge in [0.05, 0.1) is 12.7 Å². The molecule has 35 heavy (non-hydrogen) atoms. The van der Waals surface area contributed by atoms with Gasteiger partial charge in [0.15, 0.2) is 0 Å². The molecule has 1 rings (SSSR count). The van der Waals surface area contributed by atoms with E-state index in [9.17, 15) is 0 Å². The molecule has 0 aromatic rings. The van der Waals surface area contributed by atoms with E-state index in [1.165, 1.54) is 129 Å². The molecule has 3 nitrogen and oxygen atoms in total. The lowest BCUT2D eigenvalue weighted by Gasteiger charge is -2.30. The third-order valence-corrected chi connectivity index (χ3v) is 7.06. The molecular weight excluding hydrogens is 430 g/mol. The maximum Gasteiger partial charge on any atom is 0.0934 e. The third-order valence-electron chi connectivity index (χ3n) is 7.06. The zero-order valence-electron chi connectivity index (χ0n) is 23.8. The van der Waals surface area contributed by atoms with E-state index < -0.39 is 0 Å². The molecule has 206 valence electrons. The first-order valence-corrected chi connectivity index (χ1v) is 15.6. The molecule has 0 saturated carbocycles. The van der Waals surface area contributed by atoms with Gasteiger partial charge in [0.1, 0.15) is 0 Å². The Labute approximate surface area is 220 Å². The average Bonchev–Trinajstić information content (AvgIpc) is 2.88. The Morgan fingerprint density at radius 2 is 1.20 bits per heavy atom. The van der Waals surface area contributed by atoms with Crippen molar-refractivity contribution in [2.45, 2.75) is 142 Å². The van der Waals surface area contributed by atoms with Crippen LogP contribution in [0.3, 0.4) is 0 Å². The molecule has 0 aromatic carbocycles. The highest BCUT2D eigenvalue weighted by Crippen LogP contribution is 2.12. The zero-order valence-corrected chi connectivity index (χ0v) is 23.8. The zero-order chi connectivity index (χ0) is 25.1. The molecule has 1 fully saturated rings. The minimum Gasteiger partial charge on any atom is -0.379 e. The topological polar surface area (TPSA) is 21.7 Å². The highest BCUT2D eigenvalue weighted by molar-refractivity contribution is 4.92. The fourth-order valence-electron chi connectivity index (χ4n) is 4.77. The molecule has 1 heterocycles. The number of likely N-dealkylation sites (tertiary alicyclic amines) is 1. The molecule has 1 atom stereocenters. The second-order valence-electron chi connectivity index (χ2n) is 10.6. The lowest BCUT2D eigenvalue weighted by Crippen LogP contribution is -2.39. The van der Waals surface area contributed by atoms with Crippen LogP contribution < -0.4 is 0 Å². The van der Waals surface area contributed by atoms with Crippen LogP contribution in [-0.2, 0) is 9.47 Å². The number of rotatable bonds is 25. The predicted octanol–water partition coefficient (Wildman–Crippen LogP) is 9.27. The fourth-order valence-corrected chi connectivity index (χ4v) is 4.77. The normalized spacial score (nSPS) is 16.1. The van der Waals surface area contributed by atoms with Gasteiger partial charge in [-0.1, -0.05) is 102 Å². The molecule has 0 radical (unpaired) electrons. The van der Waals surface area contributed by atoms with Gasteiger partial charge in [0.2, 0.25) is 0 Å². The van der Waals surface area contributed by atoms with Crippen LogP contribution in [0, 0.1) is 0 Å². The van der Waals surface area contributed by atoms with Gasteiger partial charge in [-0.15, -0.1) is 0 Å². The minimum atomic E-state index is 0.249. The lowest BCUT2D eigenvalue weighted by atomic mass is 10.1. The van der Waals surface area contributed by atoms with Crippen molar-refractivity contribution in [1.82, 2.24) is 4.90 Å². The van der Waals surface area contributed by atoms with E-state index >= 15 is 0 Å². The molecule has 0 bridgehead atoms. The van der Waals surface area contributed by atoms with E-state index in [1.54, 1.807) is 0 Å². The van der Waals surface area contributed by atoms with Gasteiger partial charge in [0.25, 0.3) is 0 Å². The van der Waals surface area contributed by atoms with Crippen LogP contribution >= 0.6 is 0 Å². The van der Waals surface area contributed by atoms with Crippen LogP contribution in [-0.4, -0.2) is 50.5 Å². The Morgan fingerprint density at radius 1 is 0.629 bits per heavy atom. The van der Waals surface area contributed by atoms with E-state index in [-0.39, 0.29) is 6.10 Å². The molecule has 0 spiro atoms. The van der Waals surface area contributed by atoms with E-state index in [0.29, 0.717) is 0 Å². The summed E-state index contributed by atoms with van der Waals surface area (Å²) in [6.45, 7) is 10.6. The number of nitrogens with zero attached hydrogens (tertiary/aromatic N) is 1. The minimum absolute atomic E-state index is 0.249. The Hall–Kier alpha value is -0.640. The molecule has 1 aliphatic rings. The molecule has 1 unspecified atom stereocenters. The van der Waals surface area contributed by atoms with Crippen LogP contribution in [0.25, 0.3) is 0 Å². The maximum atomic E-state index is 6.25. The second-order valence-corrected chi connectivity index (χ2v) is 10.6. The first-order valence-electron chi connectivity index (χ1n) is 15.6. The number of piperidine rings is 1. The smallest absolute Gasteiger partial charge is 0.0934 e. The van der Waals surface area contributed by atoms with Crippen LogP contribution in [0.5, 0.6) is 0 Å². The Balaban J connectivity index is 1.97. The van der Waals surface area contributed by atoms with E-state index in [1.807, 2.05) is 0 Å². The van der Waals surface area contributed by atoms with Gasteiger partial charge in [-0.05, 0) is 70.9 Å². The van der Waals surface area contributed by atoms with Crippen molar-refractivity contribution in [3.8, 4) is 0 Å². The maximum absolute atomic E-state index is 6.25. The highest BCUT2D eigenvalue weighted by Gasteiger charge is 2.17. The van der Waals surface area contributed by atoms with Crippen LogP contribution in [0.2, 0.25) is 0 Å². The van der Waals surface area contributed by atoms with E-state index in [4.69, 9.17) is 9.47 Å². The van der Waals surface area contributed by atoms with Crippen molar-refractivity contribution in [3.63, 3.8) is 0 Å². The first kappa shape index (κ1) is 32.4. The van der Waals surface area contributed by atoms with Crippen molar-refractivity contribution in [2.24, 2.45) is 0 Å². The second kappa shape index (κ2) is 26.4. The summed E-state index contributed by atoms with van der Waals surface area (Å²) in [5.74, 6) is 0. The van der Waals surface area contributed by atoms with Gasteiger partial charge in [-0.3, -0.25) is 0 Å². The predicted molar refractivity (Wildman–Crippen MR) is 154 cm³/mol. The Morgan fingerprint density at radius 3 is 1.91 bits per heavy atom. The fraction of sp³-hybridized carbons (Fsp3) is 0.875. The first-order chi connectivity index (χ1) is 17.4. The van der Waals surface area contributed by atoms with Gasteiger partial charge < -0.3 is 14.4 Å². The number of ether oxygens (including phenoxy) is 2. The summed E-state index contributed by atoms with van der Waals surface area (Å²) in [5.41, 5.74) is 0.